The predicted molar refractivity (Wildman–Crippen MR) is 84.8 cm³/mol. The zero-order chi connectivity index (χ0) is 14.5. The molecular weight excluding hydrogens is 258 g/mol. The van der Waals surface area contributed by atoms with Crippen LogP contribution in [0.25, 0.3) is 0 Å². The molecule has 0 N–H and O–H groups in total. The van der Waals surface area contributed by atoms with Gasteiger partial charge >= 0.3 is 5.82 Å². The van der Waals surface area contributed by atoms with E-state index >= 15 is 0 Å². The largest absolute Gasteiger partial charge is 0.303 e. The molecule has 3 nitrogen and oxygen atoms in total. The maximum absolute atomic E-state index is 4.33. The Labute approximate surface area is 124 Å². The lowest BCUT2D eigenvalue weighted by molar-refractivity contribution is 0.654. The van der Waals surface area contributed by atoms with Crippen LogP contribution >= 0.6 is 0 Å². The van der Waals surface area contributed by atoms with E-state index < -0.39 is 0 Å². The Morgan fingerprint density at radius 1 is 0.857 bits per heavy atom. The lowest BCUT2D eigenvalue weighted by atomic mass is 10.1. The highest BCUT2D eigenvalue weighted by atomic mass is 15.3. The summed E-state index contributed by atoms with van der Waals surface area (Å²) in [6.07, 6.45) is 1.73. The van der Waals surface area contributed by atoms with Gasteiger partial charge in [-0.25, -0.2) is 0 Å². The minimum atomic E-state index is 0.768. The van der Waals surface area contributed by atoms with E-state index in [0.29, 0.717) is 0 Å². The van der Waals surface area contributed by atoms with Gasteiger partial charge in [-0.1, -0.05) is 58.5 Å². The van der Waals surface area contributed by atoms with E-state index in [1.807, 2.05) is 30.3 Å². The van der Waals surface area contributed by atoms with Gasteiger partial charge in [0.25, 0.3) is 0 Å². The molecule has 0 saturated heterocycles. The quantitative estimate of drug-likeness (QED) is 0.672. The van der Waals surface area contributed by atoms with Crippen LogP contribution in [0.5, 0.6) is 0 Å². The Kier molecular flexibility index (Phi) is 4.03. The third-order valence-electron chi connectivity index (χ3n) is 3.40. The van der Waals surface area contributed by atoms with E-state index in [-0.39, 0.29) is 0 Å². The van der Waals surface area contributed by atoms with E-state index in [0.717, 1.165) is 23.6 Å². The van der Waals surface area contributed by atoms with Crippen LogP contribution in [0, 0.1) is 6.92 Å². The number of hydrogen-bond donors (Lipinski definition) is 0. The van der Waals surface area contributed by atoms with Gasteiger partial charge in [-0.3, -0.25) is 0 Å². The lowest BCUT2D eigenvalue weighted by Gasteiger charge is -2.11. The summed E-state index contributed by atoms with van der Waals surface area (Å²) in [5.41, 5.74) is 3.47. The Balaban J connectivity index is 2.02. The Morgan fingerprint density at radius 3 is 2.19 bits per heavy atom. The summed E-state index contributed by atoms with van der Waals surface area (Å²) in [4.78, 5) is 2.19. The molecule has 0 amide bonds. The van der Waals surface area contributed by atoms with Crippen molar-refractivity contribution in [2.75, 3.05) is 0 Å². The monoisotopic (exact) mass is 275 g/mol. The molecule has 21 heavy (non-hydrogen) atoms. The van der Waals surface area contributed by atoms with Crippen molar-refractivity contribution < 1.29 is 0 Å². The second-order valence-corrected chi connectivity index (χ2v) is 4.95. The van der Waals surface area contributed by atoms with Gasteiger partial charge in [0.1, 0.15) is 0 Å². The molecule has 0 fully saturated rings. The normalized spacial score (nSPS) is 10.8. The molecule has 0 unspecified atom stereocenters. The maximum Gasteiger partial charge on any atom is 0.303 e. The summed E-state index contributed by atoms with van der Waals surface area (Å²) in [7, 11) is 0. The summed E-state index contributed by atoms with van der Waals surface area (Å²) >= 11 is 0. The first kappa shape index (κ1) is 13.5. The second kappa shape index (κ2) is 6.29. The zero-order valence-electron chi connectivity index (χ0n) is 12.0. The fraction of sp³-hybridized carbons (Fsp3) is 0.111. The summed E-state index contributed by atoms with van der Waals surface area (Å²) < 4.78 is 0. The SMILES string of the molecule is Cc1ccnnc1[N+](Cc1ccccc1)c1ccccc1. The van der Waals surface area contributed by atoms with Gasteiger partial charge in [0.05, 0.1) is 6.20 Å². The molecule has 0 aliphatic carbocycles. The summed E-state index contributed by atoms with van der Waals surface area (Å²) in [5, 5.41) is 8.37. The molecule has 0 aliphatic rings. The number of hydrogen-bond acceptors (Lipinski definition) is 3. The van der Waals surface area contributed by atoms with Crippen LogP contribution in [0.4, 0.5) is 11.5 Å². The van der Waals surface area contributed by atoms with Crippen molar-refractivity contribution in [1.29, 1.82) is 0 Å². The predicted octanol–water partition coefficient (Wildman–Crippen LogP) is 4.09. The van der Waals surface area contributed by atoms with Crippen molar-refractivity contribution in [2.24, 2.45) is 0 Å². The van der Waals surface area contributed by atoms with Crippen molar-refractivity contribution in [3.8, 4) is 0 Å². The first-order valence-corrected chi connectivity index (χ1v) is 6.99. The third kappa shape index (κ3) is 3.15. The number of benzene rings is 2. The highest BCUT2D eigenvalue weighted by molar-refractivity contribution is 5.52. The zero-order valence-corrected chi connectivity index (χ0v) is 12.0. The smallest absolute Gasteiger partial charge is 0.153 e. The van der Waals surface area contributed by atoms with Crippen molar-refractivity contribution in [3.63, 3.8) is 0 Å². The van der Waals surface area contributed by atoms with Gasteiger partial charge in [0, 0.05) is 23.3 Å². The molecule has 1 aromatic heterocycles. The van der Waals surface area contributed by atoms with Crippen molar-refractivity contribution in [3.05, 3.63) is 84.1 Å². The van der Waals surface area contributed by atoms with Gasteiger partial charge in [-0.15, -0.1) is 0 Å². The molecule has 0 spiro atoms. The van der Waals surface area contributed by atoms with Gasteiger partial charge in [0.2, 0.25) is 0 Å². The average molecular weight is 275 g/mol. The van der Waals surface area contributed by atoms with Gasteiger partial charge in [-0.2, -0.15) is 5.10 Å². The molecule has 1 radical (unpaired) electrons. The molecule has 3 aromatic rings. The number of aromatic nitrogens is 2. The van der Waals surface area contributed by atoms with Crippen LogP contribution in [0.1, 0.15) is 11.1 Å². The fourth-order valence-electron chi connectivity index (χ4n) is 2.32. The molecule has 0 atom stereocenters. The van der Waals surface area contributed by atoms with Crippen LogP contribution in [0.15, 0.2) is 72.9 Å². The molecular formula is C18H17N3+. The number of anilines is 2. The fourth-order valence-corrected chi connectivity index (χ4v) is 2.32. The molecule has 3 heteroatoms. The lowest BCUT2D eigenvalue weighted by Crippen LogP contribution is -2.20. The third-order valence-corrected chi connectivity index (χ3v) is 3.40. The minimum absolute atomic E-state index is 0.768. The van der Waals surface area contributed by atoms with E-state index in [9.17, 15) is 0 Å². The van der Waals surface area contributed by atoms with Crippen LogP contribution in [0.3, 0.4) is 0 Å². The summed E-state index contributed by atoms with van der Waals surface area (Å²) in [5.74, 6) is 0.896. The first-order valence-electron chi connectivity index (χ1n) is 6.99. The van der Waals surface area contributed by atoms with E-state index in [4.69, 9.17) is 0 Å². The van der Waals surface area contributed by atoms with Crippen molar-refractivity contribution in [2.45, 2.75) is 13.5 Å². The summed E-state index contributed by atoms with van der Waals surface area (Å²) in [6.45, 7) is 2.83. The maximum atomic E-state index is 4.33. The van der Waals surface area contributed by atoms with E-state index in [2.05, 4.69) is 58.4 Å². The molecule has 0 aliphatic heterocycles. The first-order chi connectivity index (χ1) is 10.3. The summed E-state index contributed by atoms with van der Waals surface area (Å²) in [6, 6.07) is 22.7. The molecule has 1 heterocycles. The molecule has 0 bridgehead atoms. The number of para-hydroxylation sites is 1. The van der Waals surface area contributed by atoms with E-state index in [1.165, 1.54) is 5.56 Å². The second-order valence-electron chi connectivity index (χ2n) is 4.95. The van der Waals surface area contributed by atoms with Crippen molar-refractivity contribution >= 4 is 11.5 Å². The van der Waals surface area contributed by atoms with Gasteiger partial charge < -0.3 is 0 Å². The minimum Gasteiger partial charge on any atom is -0.153 e. The topological polar surface area (TPSA) is 31.7 Å². The average Bonchev–Trinajstić information content (AvgIpc) is 2.55. The number of aryl methyl sites for hydroxylation is 1. The Morgan fingerprint density at radius 2 is 1.52 bits per heavy atom. The highest BCUT2D eigenvalue weighted by Crippen LogP contribution is 2.26. The Bertz CT molecular complexity index is 696. The van der Waals surface area contributed by atoms with Crippen molar-refractivity contribution in [1.82, 2.24) is 15.1 Å². The molecule has 3 rings (SSSR count). The van der Waals surface area contributed by atoms with Crippen LogP contribution in [-0.4, -0.2) is 10.2 Å². The highest BCUT2D eigenvalue weighted by Gasteiger charge is 2.26. The Hall–Kier alpha value is -2.52. The van der Waals surface area contributed by atoms with Crippen LogP contribution < -0.4 is 4.90 Å². The number of nitrogens with zero attached hydrogens (tertiary/aromatic N) is 3. The van der Waals surface area contributed by atoms with E-state index in [1.54, 1.807) is 6.20 Å². The molecule has 2 aromatic carbocycles. The standard InChI is InChI=1S/C18H17N3/c1-15-12-13-19-20-18(15)21(17-10-6-3-7-11-17)14-16-8-4-2-5-9-16/h2-13H,14H2,1H3/q+1. The van der Waals surface area contributed by atoms with Crippen LogP contribution in [0.2, 0.25) is 0 Å². The van der Waals surface area contributed by atoms with Crippen LogP contribution in [-0.2, 0) is 6.54 Å². The number of rotatable bonds is 4. The van der Waals surface area contributed by atoms with Gasteiger partial charge in [-0.05, 0) is 13.0 Å². The molecule has 0 saturated carbocycles. The molecule has 103 valence electrons. The van der Waals surface area contributed by atoms with Gasteiger partial charge in [0.15, 0.2) is 12.2 Å².